The smallest absolute Gasteiger partial charge is 0.0239 e. The van der Waals surface area contributed by atoms with Gasteiger partial charge in [0.25, 0.3) is 0 Å². The van der Waals surface area contributed by atoms with Gasteiger partial charge >= 0.3 is 0 Å². The van der Waals surface area contributed by atoms with Crippen molar-refractivity contribution >= 4 is 0 Å². The van der Waals surface area contributed by atoms with Crippen LogP contribution in [0.3, 0.4) is 0 Å². The van der Waals surface area contributed by atoms with E-state index in [2.05, 4.69) is 37.8 Å². The third-order valence-electron chi connectivity index (χ3n) is 4.17. The number of benzene rings is 1. The fourth-order valence-corrected chi connectivity index (χ4v) is 3.21. The van der Waals surface area contributed by atoms with Crippen LogP contribution in [-0.4, -0.2) is 24.5 Å². The minimum absolute atomic E-state index is 0.820. The van der Waals surface area contributed by atoms with Gasteiger partial charge in [0.2, 0.25) is 0 Å². The second-order valence-electron chi connectivity index (χ2n) is 5.84. The molecule has 1 saturated heterocycles. The molecule has 0 radical (unpaired) electrons. The highest BCUT2D eigenvalue weighted by molar-refractivity contribution is 5.37. The predicted octanol–water partition coefficient (Wildman–Crippen LogP) is 2.78. The Bertz CT molecular complexity index is 389. The van der Waals surface area contributed by atoms with Gasteiger partial charge in [-0.15, -0.1) is 0 Å². The largest absolute Gasteiger partial charge is 0.330 e. The van der Waals surface area contributed by atoms with Crippen molar-refractivity contribution in [2.45, 2.75) is 40.2 Å². The molecule has 0 bridgehead atoms. The van der Waals surface area contributed by atoms with Crippen LogP contribution >= 0.6 is 0 Å². The third kappa shape index (κ3) is 3.12. The first-order valence-electron chi connectivity index (χ1n) is 7.09. The standard InChI is InChI=1S/C16H26N2/c1-12-8-13(2)16(14(3)9-12)11-18-7-5-15(10-18)4-6-17/h8-9,15H,4-7,10-11,17H2,1-3H3. The Kier molecular flexibility index (Phi) is 4.41. The highest BCUT2D eigenvalue weighted by Crippen LogP contribution is 2.24. The number of nitrogens with zero attached hydrogens (tertiary/aromatic N) is 1. The van der Waals surface area contributed by atoms with E-state index in [0.717, 1.165) is 19.0 Å². The van der Waals surface area contributed by atoms with E-state index in [4.69, 9.17) is 5.73 Å². The summed E-state index contributed by atoms with van der Waals surface area (Å²) >= 11 is 0. The first-order chi connectivity index (χ1) is 8.60. The number of likely N-dealkylation sites (tertiary alicyclic amines) is 1. The molecule has 2 nitrogen and oxygen atoms in total. The summed E-state index contributed by atoms with van der Waals surface area (Å²) in [7, 11) is 0. The van der Waals surface area contributed by atoms with Gasteiger partial charge in [0.1, 0.15) is 0 Å². The molecule has 0 amide bonds. The zero-order valence-electron chi connectivity index (χ0n) is 12.0. The lowest BCUT2D eigenvalue weighted by Gasteiger charge is -2.19. The maximum absolute atomic E-state index is 5.65. The average molecular weight is 246 g/mol. The summed E-state index contributed by atoms with van der Waals surface area (Å²) in [6.45, 7) is 11.1. The van der Waals surface area contributed by atoms with Crippen LogP contribution in [0.1, 0.15) is 35.1 Å². The lowest BCUT2D eigenvalue weighted by atomic mass is 9.99. The van der Waals surface area contributed by atoms with Crippen LogP contribution in [0.25, 0.3) is 0 Å². The van der Waals surface area contributed by atoms with Gasteiger partial charge in [-0.2, -0.15) is 0 Å². The Morgan fingerprint density at radius 2 is 1.89 bits per heavy atom. The zero-order valence-corrected chi connectivity index (χ0v) is 12.0. The van der Waals surface area contributed by atoms with Gasteiger partial charge in [-0.3, -0.25) is 4.90 Å². The Morgan fingerprint density at radius 3 is 2.50 bits per heavy atom. The van der Waals surface area contributed by atoms with Crippen LogP contribution in [-0.2, 0) is 6.54 Å². The van der Waals surface area contributed by atoms with E-state index in [1.807, 2.05) is 0 Å². The number of nitrogens with two attached hydrogens (primary N) is 1. The van der Waals surface area contributed by atoms with E-state index >= 15 is 0 Å². The molecule has 1 aromatic carbocycles. The van der Waals surface area contributed by atoms with Crippen LogP contribution in [0, 0.1) is 26.7 Å². The van der Waals surface area contributed by atoms with Crippen molar-refractivity contribution in [3.05, 3.63) is 34.4 Å². The molecule has 1 aromatic rings. The Morgan fingerprint density at radius 1 is 1.22 bits per heavy atom. The van der Waals surface area contributed by atoms with Gasteiger partial charge in [0.15, 0.2) is 0 Å². The second kappa shape index (κ2) is 5.85. The summed E-state index contributed by atoms with van der Waals surface area (Å²) in [5.41, 5.74) is 11.4. The first-order valence-corrected chi connectivity index (χ1v) is 7.09. The van der Waals surface area contributed by atoms with Crippen molar-refractivity contribution in [1.29, 1.82) is 0 Å². The minimum atomic E-state index is 0.820. The van der Waals surface area contributed by atoms with Crippen molar-refractivity contribution in [3.63, 3.8) is 0 Å². The van der Waals surface area contributed by atoms with Gasteiger partial charge in [-0.05, 0) is 69.3 Å². The van der Waals surface area contributed by atoms with E-state index < -0.39 is 0 Å². The topological polar surface area (TPSA) is 29.3 Å². The van der Waals surface area contributed by atoms with Gasteiger partial charge in [0.05, 0.1) is 0 Å². The quantitative estimate of drug-likeness (QED) is 0.885. The fourth-order valence-electron chi connectivity index (χ4n) is 3.21. The van der Waals surface area contributed by atoms with Gasteiger partial charge in [0, 0.05) is 13.1 Å². The molecule has 18 heavy (non-hydrogen) atoms. The van der Waals surface area contributed by atoms with Crippen LogP contribution in [0.2, 0.25) is 0 Å². The molecule has 1 unspecified atom stereocenters. The molecule has 1 fully saturated rings. The Balaban J connectivity index is 2.02. The average Bonchev–Trinajstić information content (AvgIpc) is 2.72. The second-order valence-corrected chi connectivity index (χ2v) is 5.84. The molecular weight excluding hydrogens is 220 g/mol. The Hall–Kier alpha value is -0.860. The summed E-state index contributed by atoms with van der Waals surface area (Å²) in [6, 6.07) is 4.60. The predicted molar refractivity (Wildman–Crippen MR) is 77.7 cm³/mol. The molecule has 1 aliphatic rings. The summed E-state index contributed by atoms with van der Waals surface area (Å²) in [5.74, 6) is 0.820. The van der Waals surface area contributed by atoms with Gasteiger partial charge in [-0.1, -0.05) is 17.7 Å². The highest BCUT2D eigenvalue weighted by Gasteiger charge is 2.22. The third-order valence-corrected chi connectivity index (χ3v) is 4.17. The van der Waals surface area contributed by atoms with E-state index in [1.54, 1.807) is 0 Å². The summed E-state index contributed by atoms with van der Waals surface area (Å²) in [4.78, 5) is 2.59. The van der Waals surface area contributed by atoms with Crippen LogP contribution in [0.5, 0.6) is 0 Å². The molecule has 2 heteroatoms. The molecule has 2 rings (SSSR count). The number of rotatable bonds is 4. The molecular formula is C16H26N2. The van der Waals surface area contributed by atoms with Crippen molar-refractivity contribution in [2.24, 2.45) is 11.7 Å². The van der Waals surface area contributed by atoms with Crippen molar-refractivity contribution in [1.82, 2.24) is 4.90 Å². The summed E-state index contributed by atoms with van der Waals surface area (Å²) in [6.07, 6.45) is 2.50. The van der Waals surface area contributed by atoms with Crippen LogP contribution in [0.15, 0.2) is 12.1 Å². The normalized spacial score (nSPS) is 20.6. The van der Waals surface area contributed by atoms with Crippen LogP contribution in [0.4, 0.5) is 0 Å². The van der Waals surface area contributed by atoms with Crippen molar-refractivity contribution < 1.29 is 0 Å². The van der Waals surface area contributed by atoms with Gasteiger partial charge < -0.3 is 5.73 Å². The molecule has 1 aliphatic heterocycles. The maximum Gasteiger partial charge on any atom is 0.0239 e. The summed E-state index contributed by atoms with van der Waals surface area (Å²) < 4.78 is 0. The highest BCUT2D eigenvalue weighted by atomic mass is 15.1. The Labute approximate surface area is 111 Å². The van der Waals surface area contributed by atoms with E-state index in [0.29, 0.717) is 0 Å². The summed E-state index contributed by atoms with van der Waals surface area (Å²) in [5, 5.41) is 0. The monoisotopic (exact) mass is 246 g/mol. The first kappa shape index (κ1) is 13.6. The minimum Gasteiger partial charge on any atom is -0.330 e. The zero-order chi connectivity index (χ0) is 13.1. The molecule has 0 aromatic heterocycles. The van der Waals surface area contributed by atoms with Gasteiger partial charge in [-0.25, -0.2) is 0 Å². The maximum atomic E-state index is 5.65. The number of hydrogen-bond donors (Lipinski definition) is 1. The molecule has 0 aliphatic carbocycles. The van der Waals surface area contributed by atoms with Crippen molar-refractivity contribution in [2.75, 3.05) is 19.6 Å². The van der Waals surface area contributed by atoms with Crippen LogP contribution < -0.4 is 5.73 Å². The molecule has 100 valence electrons. The molecule has 0 saturated carbocycles. The van der Waals surface area contributed by atoms with E-state index in [-0.39, 0.29) is 0 Å². The molecule has 1 atom stereocenters. The van der Waals surface area contributed by atoms with E-state index in [9.17, 15) is 0 Å². The van der Waals surface area contributed by atoms with Crippen molar-refractivity contribution in [3.8, 4) is 0 Å². The number of aryl methyl sites for hydroxylation is 3. The molecule has 1 heterocycles. The van der Waals surface area contributed by atoms with E-state index in [1.165, 1.54) is 48.2 Å². The lowest BCUT2D eigenvalue weighted by Crippen LogP contribution is -2.22. The lowest BCUT2D eigenvalue weighted by molar-refractivity contribution is 0.313. The number of hydrogen-bond acceptors (Lipinski definition) is 2. The molecule has 0 spiro atoms. The molecule has 2 N–H and O–H groups in total. The fraction of sp³-hybridized carbons (Fsp3) is 0.625. The SMILES string of the molecule is Cc1cc(C)c(CN2CCC(CCN)C2)c(C)c1.